The summed E-state index contributed by atoms with van der Waals surface area (Å²) in [6, 6.07) is 1.85. The molecule has 2 aromatic heterocycles. The van der Waals surface area contributed by atoms with Gasteiger partial charge >= 0.3 is 12.1 Å². The van der Waals surface area contributed by atoms with Crippen molar-refractivity contribution in [1.82, 2.24) is 20.4 Å². The average molecular weight is 448 g/mol. The van der Waals surface area contributed by atoms with Gasteiger partial charge in [0.05, 0.1) is 24.9 Å². The van der Waals surface area contributed by atoms with E-state index in [0.717, 1.165) is 37.5 Å². The minimum absolute atomic E-state index is 0.0237. The zero-order valence-electron chi connectivity index (χ0n) is 15.5. The molecule has 30 heavy (non-hydrogen) atoms. The number of amides is 1. The Hall–Kier alpha value is -2.51. The predicted octanol–water partition coefficient (Wildman–Crippen LogP) is 1.93. The maximum absolute atomic E-state index is 12.2. The number of carbonyl (C=O) groups is 2. The number of halogens is 3. The summed E-state index contributed by atoms with van der Waals surface area (Å²) in [5, 5.41) is 16.8. The summed E-state index contributed by atoms with van der Waals surface area (Å²) in [6.07, 6.45) is 0.380. The third-order valence-electron chi connectivity index (χ3n) is 4.67. The van der Waals surface area contributed by atoms with Crippen LogP contribution in [0.2, 0.25) is 0 Å². The molecule has 0 aromatic carbocycles. The van der Waals surface area contributed by atoms with E-state index in [0.29, 0.717) is 6.04 Å². The lowest BCUT2D eigenvalue weighted by Gasteiger charge is -2.32. The zero-order valence-corrected chi connectivity index (χ0v) is 16.4. The van der Waals surface area contributed by atoms with Crippen LogP contribution in [0.25, 0.3) is 0 Å². The van der Waals surface area contributed by atoms with E-state index in [1.165, 1.54) is 6.20 Å². The standard InChI is InChI=1S/C15H18N4O3S.C2HF3O2/c20-15(12-3-4-17-22-12)18-10-8-19(9-13-16-5-7-23-13)11-2-1-6-21-14(10)11;3-2(4,5)1(6)7/h3-5,7,10-11,14H,1-2,6,8-9H2,(H,18,20);(H,6,7)/t10-,11-,14-;/m1./s1. The molecule has 3 atom stereocenters. The number of carbonyl (C=O) groups excluding carboxylic acids is 1. The molecule has 1 amide bonds. The van der Waals surface area contributed by atoms with Gasteiger partial charge < -0.3 is 19.7 Å². The van der Waals surface area contributed by atoms with Crippen LogP contribution in [0.4, 0.5) is 13.2 Å². The Morgan fingerprint density at radius 3 is 2.73 bits per heavy atom. The summed E-state index contributed by atoms with van der Waals surface area (Å²) >= 11 is 1.66. The second-order valence-corrected chi connectivity index (χ2v) is 7.64. The Bertz CT molecular complexity index is 831. The van der Waals surface area contributed by atoms with E-state index in [-0.39, 0.29) is 23.8 Å². The highest BCUT2D eigenvalue weighted by molar-refractivity contribution is 7.09. The van der Waals surface area contributed by atoms with Crippen molar-refractivity contribution in [2.75, 3.05) is 13.2 Å². The third kappa shape index (κ3) is 5.55. The lowest BCUT2D eigenvalue weighted by Crippen LogP contribution is -2.47. The lowest BCUT2D eigenvalue weighted by atomic mass is 10.0. The lowest BCUT2D eigenvalue weighted by molar-refractivity contribution is -0.192. The van der Waals surface area contributed by atoms with Gasteiger partial charge in [0.2, 0.25) is 5.76 Å². The number of alkyl halides is 3. The Morgan fingerprint density at radius 1 is 1.37 bits per heavy atom. The van der Waals surface area contributed by atoms with Crippen molar-refractivity contribution in [2.45, 2.75) is 43.8 Å². The molecular weight excluding hydrogens is 429 g/mol. The fourth-order valence-corrected chi connectivity index (χ4v) is 4.08. The molecule has 2 N–H and O–H groups in total. The fraction of sp³-hybridized carbons (Fsp3) is 0.529. The van der Waals surface area contributed by atoms with Gasteiger partial charge in [0, 0.05) is 36.8 Å². The van der Waals surface area contributed by atoms with E-state index in [4.69, 9.17) is 19.2 Å². The smallest absolute Gasteiger partial charge is 0.475 e. The molecule has 164 valence electrons. The highest BCUT2D eigenvalue weighted by atomic mass is 32.1. The summed E-state index contributed by atoms with van der Waals surface area (Å²) in [5.41, 5.74) is 0. The van der Waals surface area contributed by atoms with Crippen molar-refractivity contribution >= 4 is 23.2 Å². The number of hydrogen-bond donors (Lipinski definition) is 2. The van der Waals surface area contributed by atoms with Gasteiger partial charge in [-0.05, 0) is 12.8 Å². The second kappa shape index (κ2) is 9.53. The molecule has 13 heteroatoms. The van der Waals surface area contributed by atoms with Crippen LogP contribution in [0.1, 0.15) is 28.4 Å². The maximum Gasteiger partial charge on any atom is 0.490 e. The first kappa shape index (κ1) is 22.2. The minimum atomic E-state index is -5.08. The van der Waals surface area contributed by atoms with Gasteiger partial charge in [-0.3, -0.25) is 9.69 Å². The molecule has 0 unspecified atom stereocenters. The third-order valence-corrected chi connectivity index (χ3v) is 5.44. The van der Waals surface area contributed by atoms with Crippen molar-refractivity contribution in [1.29, 1.82) is 0 Å². The topological polar surface area (TPSA) is 118 Å². The second-order valence-electron chi connectivity index (χ2n) is 6.66. The zero-order chi connectivity index (χ0) is 21.7. The SMILES string of the molecule is O=C(N[C@@H]1CN(Cc2nccs2)[C@@H]2CCCO[C@@H]21)c1ccno1.O=C(O)C(F)(F)F. The molecule has 9 nitrogen and oxygen atoms in total. The molecular formula is C17H19F3N4O5S. The molecule has 2 aliphatic heterocycles. The van der Waals surface area contributed by atoms with E-state index in [1.807, 2.05) is 11.6 Å². The van der Waals surface area contributed by atoms with Crippen molar-refractivity contribution in [3.63, 3.8) is 0 Å². The van der Waals surface area contributed by atoms with Crippen molar-refractivity contribution in [2.24, 2.45) is 0 Å². The van der Waals surface area contributed by atoms with Gasteiger partial charge in [-0.25, -0.2) is 9.78 Å². The van der Waals surface area contributed by atoms with Crippen molar-refractivity contribution < 1.29 is 37.1 Å². The number of thiazole rings is 1. The molecule has 0 aliphatic carbocycles. The number of rotatable bonds is 4. The highest BCUT2D eigenvalue weighted by Gasteiger charge is 2.45. The largest absolute Gasteiger partial charge is 0.490 e. The van der Waals surface area contributed by atoms with E-state index < -0.39 is 12.1 Å². The molecule has 0 bridgehead atoms. The number of aliphatic carboxylic acids is 1. The summed E-state index contributed by atoms with van der Waals surface area (Å²) in [4.78, 5) is 27.9. The summed E-state index contributed by atoms with van der Waals surface area (Å²) in [6.45, 7) is 2.31. The van der Waals surface area contributed by atoms with Crippen LogP contribution in [-0.2, 0) is 16.1 Å². The Balaban J connectivity index is 0.000000318. The Morgan fingerprint density at radius 2 is 2.13 bits per heavy atom. The van der Waals surface area contributed by atoms with Crippen LogP contribution in [0.3, 0.4) is 0 Å². The van der Waals surface area contributed by atoms with E-state index in [1.54, 1.807) is 17.4 Å². The maximum atomic E-state index is 12.2. The molecule has 4 rings (SSSR count). The quantitative estimate of drug-likeness (QED) is 0.729. The first-order chi connectivity index (χ1) is 14.3. The number of hydrogen-bond acceptors (Lipinski definition) is 8. The Labute approximate surface area is 172 Å². The number of likely N-dealkylation sites (tertiary alicyclic amines) is 1. The van der Waals surface area contributed by atoms with Crippen LogP contribution in [0.15, 0.2) is 28.4 Å². The van der Waals surface area contributed by atoms with Gasteiger partial charge in [0.1, 0.15) is 5.01 Å². The van der Waals surface area contributed by atoms with Gasteiger partial charge in [0.15, 0.2) is 0 Å². The van der Waals surface area contributed by atoms with E-state index in [2.05, 4.69) is 20.4 Å². The molecule has 0 spiro atoms. The number of aromatic nitrogens is 2. The van der Waals surface area contributed by atoms with Crippen molar-refractivity contribution in [3.05, 3.63) is 34.6 Å². The summed E-state index contributed by atoms with van der Waals surface area (Å²) in [7, 11) is 0. The van der Waals surface area contributed by atoms with Crippen LogP contribution in [-0.4, -0.2) is 69.5 Å². The first-order valence-corrected chi connectivity index (χ1v) is 9.89. The summed E-state index contributed by atoms with van der Waals surface area (Å²) < 4.78 is 42.6. The van der Waals surface area contributed by atoms with Gasteiger partial charge in [-0.2, -0.15) is 13.2 Å². The number of nitrogens with one attached hydrogen (secondary N) is 1. The molecule has 0 saturated carbocycles. The van der Waals surface area contributed by atoms with Gasteiger partial charge in [-0.1, -0.05) is 5.16 Å². The number of carboxylic acids is 1. The highest BCUT2D eigenvalue weighted by Crippen LogP contribution is 2.30. The van der Waals surface area contributed by atoms with Crippen LogP contribution < -0.4 is 5.32 Å². The molecule has 2 saturated heterocycles. The average Bonchev–Trinajstić information content (AvgIpc) is 3.44. The molecule has 2 aromatic rings. The van der Waals surface area contributed by atoms with Crippen LogP contribution in [0, 0.1) is 0 Å². The number of ether oxygens (including phenoxy) is 1. The molecule has 4 heterocycles. The van der Waals surface area contributed by atoms with Crippen LogP contribution >= 0.6 is 11.3 Å². The van der Waals surface area contributed by atoms with Gasteiger partial charge in [-0.15, -0.1) is 11.3 Å². The fourth-order valence-electron chi connectivity index (χ4n) is 3.44. The molecule has 2 fully saturated rings. The molecule has 0 radical (unpaired) electrons. The van der Waals surface area contributed by atoms with Gasteiger partial charge in [0.25, 0.3) is 5.91 Å². The van der Waals surface area contributed by atoms with E-state index in [9.17, 15) is 18.0 Å². The first-order valence-electron chi connectivity index (χ1n) is 9.01. The number of carboxylic acid groups (broad SMARTS) is 1. The summed E-state index contributed by atoms with van der Waals surface area (Å²) in [5.74, 6) is -2.76. The van der Waals surface area contributed by atoms with E-state index >= 15 is 0 Å². The normalized spacial score (nSPS) is 23.9. The van der Waals surface area contributed by atoms with Crippen molar-refractivity contribution in [3.8, 4) is 0 Å². The number of nitrogens with zero attached hydrogens (tertiary/aromatic N) is 3. The number of fused-ring (bicyclic) bond motifs is 1. The Kier molecular flexibility index (Phi) is 7.05. The van der Waals surface area contributed by atoms with Crippen LogP contribution in [0.5, 0.6) is 0 Å². The predicted molar refractivity (Wildman–Crippen MR) is 96.7 cm³/mol. The monoisotopic (exact) mass is 448 g/mol. The minimum Gasteiger partial charge on any atom is -0.475 e. The molecule has 2 aliphatic rings.